The van der Waals surface area contributed by atoms with Gasteiger partial charge in [0.05, 0.1) is 0 Å². The third-order valence-electron chi connectivity index (χ3n) is 0. The van der Waals surface area contributed by atoms with Crippen molar-refractivity contribution in [3.63, 3.8) is 0 Å². The first-order valence-corrected chi connectivity index (χ1v) is 0. The Kier molecular flexibility index (Phi) is 11100. The molecule has 2 radical (unpaired) electrons. The van der Waals surface area contributed by atoms with Crippen LogP contribution >= 0.6 is 0 Å². The van der Waals surface area contributed by atoms with Crippen LogP contribution in [0.25, 0.3) is 0 Å². The van der Waals surface area contributed by atoms with E-state index in [1.165, 1.54) is 0 Å². The molecule has 0 rings (SSSR count). The SMILES string of the molecule is [Cu+2].[Cu+2].[O-2].[O-2].[O-2].[O-2].[O-2].[O-2].[O-2].[Ta+5].[Ta+5]. The van der Waals surface area contributed by atoms with Crippen molar-refractivity contribution in [2.45, 2.75) is 0 Å². The van der Waals surface area contributed by atoms with E-state index in [1.54, 1.807) is 0 Å². The molecule has 0 fully saturated rings. The Bertz CT molecular complexity index is 14.4. The number of hydrogen-bond acceptors (Lipinski definition) is 0. The molecule has 0 N–H and O–H groups in total. The van der Waals surface area contributed by atoms with E-state index in [-0.39, 0.29) is 117 Å². The first kappa shape index (κ1) is 395. The topological polar surface area (TPSA) is 200 Å². The van der Waals surface area contributed by atoms with Crippen LogP contribution in [0.15, 0.2) is 0 Å². The van der Waals surface area contributed by atoms with Gasteiger partial charge in [0.2, 0.25) is 0 Å². The van der Waals surface area contributed by atoms with E-state index in [9.17, 15) is 0 Å². The van der Waals surface area contributed by atoms with E-state index in [1.807, 2.05) is 0 Å². The molecular formula is Cu2O7Ta2. The fraction of sp³-hybridized carbons (Fsp3) is 0. The van der Waals surface area contributed by atoms with Crippen molar-refractivity contribution < 1.29 is 117 Å². The maximum absolute atomic E-state index is 0. The van der Waals surface area contributed by atoms with E-state index >= 15 is 0 Å². The van der Waals surface area contributed by atoms with Crippen LogP contribution in [-0.2, 0) is 117 Å². The summed E-state index contributed by atoms with van der Waals surface area (Å²) in [5.41, 5.74) is 0. The van der Waals surface area contributed by atoms with Gasteiger partial charge in [0, 0.05) is 0 Å². The molecule has 0 heterocycles. The Morgan fingerprint density at radius 3 is 0.273 bits per heavy atom. The van der Waals surface area contributed by atoms with Crippen molar-refractivity contribution in [3.05, 3.63) is 0 Å². The summed E-state index contributed by atoms with van der Waals surface area (Å²) in [4.78, 5) is 0. The zero-order valence-corrected chi connectivity index (χ0v) is 12.7. The second-order valence-corrected chi connectivity index (χ2v) is 0. The molecule has 11 heteroatoms. The minimum absolute atomic E-state index is 0. The van der Waals surface area contributed by atoms with E-state index in [0.717, 1.165) is 0 Å². The summed E-state index contributed by atoms with van der Waals surface area (Å²) >= 11 is 0. The minimum Gasteiger partial charge on any atom is -2.00 e. The van der Waals surface area contributed by atoms with Crippen molar-refractivity contribution in [2.24, 2.45) is 0 Å². The molecule has 0 atom stereocenters. The second kappa shape index (κ2) is 308. The fourth-order valence-electron chi connectivity index (χ4n) is 0. The maximum atomic E-state index is 0. The summed E-state index contributed by atoms with van der Waals surface area (Å²) in [7, 11) is 0. The molecule has 0 aromatic heterocycles. The average molecular weight is 601 g/mol. The summed E-state index contributed by atoms with van der Waals surface area (Å²) in [5, 5.41) is 0. The van der Waals surface area contributed by atoms with Crippen molar-refractivity contribution in [1.29, 1.82) is 0 Å². The van der Waals surface area contributed by atoms with E-state index in [0.29, 0.717) is 0 Å². The first-order valence-electron chi connectivity index (χ1n) is 0. The van der Waals surface area contributed by atoms with Crippen molar-refractivity contribution >= 4 is 0 Å². The van der Waals surface area contributed by atoms with Gasteiger partial charge in [-0.1, -0.05) is 0 Å². The number of hydrogen-bond donors (Lipinski definition) is 0. The number of rotatable bonds is 0. The molecule has 0 saturated carbocycles. The zero-order valence-electron chi connectivity index (χ0n) is 4.36. The Morgan fingerprint density at radius 2 is 0.273 bits per heavy atom. The summed E-state index contributed by atoms with van der Waals surface area (Å²) in [6.45, 7) is 0. The van der Waals surface area contributed by atoms with Gasteiger partial charge in [-0.05, 0) is 0 Å². The van der Waals surface area contributed by atoms with Gasteiger partial charge in [0.15, 0.2) is 0 Å². The van der Waals surface area contributed by atoms with Gasteiger partial charge in [-0.2, -0.15) is 0 Å². The molecular weight excluding hydrogens is 601 g/mol. The third kappa shape index (κ3) is 256. The van der Waals surface area contributed by atoms with Crippen LogP contribution in [-0.4, -0.2) is 0 Å². The first-order chi connectivity index (χ1) is 0. The van der Waals surface area contributed by atoms with Gasteiger partial charge in [0.1, 0.15) is 0 Å². The quantitative estimate of drug-likeness (QED) is 0.312. The molecule has 0 aromatic carbocycles. The molecule has 74 valence electrons. The largest absolute Gasteiger partial charge is 5.00 e. The van der Waals surface area contributed by atoms with Gasteiger partial charge in [0.25, 0.3) is 0 Å². The monoisotopic (exact) mass is 600 g/mol. The van der Waals surface area contributed by atoms with Gasteiger partial charge in [-0.3, -0.25) is 0 Å². The van der Waals surface area contributed by atoms with Crippen LogP contribution in [0.4, 0.5) is 0 Å². The van der Waals surface area contributed by atoms with Gasteiger partial charge in [-0.15, -0.1) is 0 Å². The van der Waals surface area contributed by atoms with Crippen LogP contribution in [0.1, 0.15) is 0 Å². The Morgan fingerprint density at radius 1 is 0.273 bits per heavy atom. The van der Waals surface area contributed by atoms with Crippen molar-refractivity contribution in [3.8, 4) is 0 Å². The smallest absolute Gasteiger partial charge is 2.00 e. The molecule has 0 aromatic rings. The Labute approximate surface area is 116 Å². The van der Waals surface area contributed by atoms with Gasteiger partial charge in [-0.25, -0.2) is 0 Å². The summed E-state index contributed by atoms with van der Waals surface area (Å²) < 4.78 is 0. The van der Waals surface area contributed by atoms with E-state index in [2.05, 4.69) is 0 Å². The van der Waals surface area contributed by atoms with Crippen LogP contribution in [0.3, 0.4) is 0 Å². The minimum atomic E-state index is 0. The van der Waals surface area contributed by atoms with Crippen molar-refractivity contribution in [2.75, 3.05) is 0 Å². The Hall–Kier alpha value is 2.24. The van der Waals surface area contributed by atoms with Crippen LogP contribution in [0.2, 0.25) is 0 Å². The normalized spacial score (nSPS) is 0. The van der Waals surface area contributed by atoms with E-state index < -0.39 is 0 Å². The summed E-state index contributed by atoms with van der Waals surface area (Å²) in [5.74, 6) is 0. The molecule has 0 saturated heterocycles. The molecule has 0 amide bonds. The molecule has 0 bridgehead atoms. The molecule has 0 spiro atoms. The maximum Gasteiger partial charge on any atom is 5.00 e. The fourth-order valence-corrected chi connectivity index (χ4v) is 0. The van der Waals surface area contributed by atoms with Crippen LogP contribution in [0, 0.1) is 0 Å². The molecule has 0 aliphatic rings. The van der Waals surface area contributed by atoms with Gasteiger partial charge < -0.3 is 38.3 Å². The third-order valence-corrected chi connectivity index (χ3v) is 0. The van der Waals surface area contributed by atoms with E-state index in [4.69, 9.17) is 0 Å². The summed E-state index contributed by atoms with van der Waals surface area (Å²) in [6.07, 6.45) is 0. The molecule has 0 unspecified atom stereocenters. The zero-order chi connectivity index (χ0) is 0. The predicted octanol–water partition coefficient (Wildman–Crippen LogP) is -0.842. The Balaban J connectivity index is 0. The standard InChI is InChI=1S/2Cu.7O.2Ta/q2*+2;7*-2;2*+5. The molecule has 7 nitrogen and oxygen atoms in total. The molecule has 0 aliphatic heterocycles. The van der Waals surface area contributed by atoms with Crippen LogP contribution in [0.5, 0.6) is 0 Å². The summed E-state index contributed by atoms with van der Waals surface area (Å²) in [6, 6.07) is 0. The van der Waals surface area contributed by atoms with Crippen molar-refractivity contribution in [1.82, 2.24) is 0 Å². The molecule has 11 heavy (non-hydrogen) atoms. The van der Waals surface area contributed by atoms with Crippen LogP contribution < -0.4 is 0 Å². The average Bonchev–Trinajstić information content (AvgIpc) is 0. The van der Waals surface area contributed by atoms with Gasteiger partial charge >= 0.3 is 78.9 Å². The second-order valence-electron chi connectivity index (χ2n) is 0. The predicted molar refractivity (Wildman–Crippen MR) is 4.81 cm³/mol. The molecule has 0 aliphatic carbocycles.